The van der Waals surface area contributed by atoms with Gasteiger partial charge in [-0.3, -0.25) is 0 Å². The highest BCUT2D eigenvalue weighted by Crippen LogP contribution is 2.29. The van der Waals surface area contributed by atoms with Gasteiger partial charge in [-0.1, -0.05) is 236 Å². The molecule has 0 amide bonds. The highest BCUT2D eigenvalue weighted by Gasteiger charge is 2.20. The topological polar surface area (TPSA) is 126 Å². The monoisotopic (exact) mass is 1440 g/mol. The Hall–Kier alpha value is -6.08. The second kappa shape index (κ2) is 61.2. The Morgan fingerprint density at radius 1 is 0.412 bits per heavy atom. The van der Waals surface area contributed by atoms with Crippen LogP contribution < -0.4 is 23.7 Å². The highest BCUT2D eigenvalue weighted by atomic mass is 16.7. The minimum atomic E-state index is -0.668. The molecular weight excluding hydrogens is 1270 g/mol. The molecule has 7 rings (SSSR count). The van der Waals surface area contributed by atoms with Crippen LogP contribution in [0.2, 0.25) is 0 Å². The lowest BCUT2D eigenvalue weighted by Crippen LogP contribution is -2.27. The molecule has 1 heterocycles. The Morgan fingerprint density at radius 3 is 1.08 bits per heavy atom. The van der Waals surface area contributed by atoms with Crippen LogP contribution >= 0.6 is 0 Å². The Kier molecular flexibility index (Phi) is 67.1. The Labute approximate surface area is 631 Å². The molecule has 2 aliphatic rings. The van der Waals surface area contributed by atoms with E-state index in [1.807, 2.05) is 90.1 Å². The van der Waals surface area contributed by atoms with Crippen LogP contribution in [0.5, 0.6) is 28.7 Å². The minimum Gasteiger partial charge on any atom is -0.482 e. The molecule has 0 aromatic heterocycles. The first kappa shape index (κ1) is 112. The summed E-state index contributed by atoms with van der Waals surface area (Å²) in [5.74, 6) is 7.31. The number of hydrogen-bond donors (Lipinski definition) is 0. The van der Waals surface area contributed by atoms with Gasteiger partial charge in [0.2, 0.25) is 0 Å². The predicted octanol–water partition coefficient (Wildman–Crippen LogP) is 28.8. The van der Waals surface area contributed by atoms with Crippen molar-refractivity contribution in [2.45, 2.75) is 355 Å². The van der Waals surface area contributed by atoms with Gasteiger partial charge >= 0.3 is 12.1 Å². The number of benzene rings is 5. The zero-order valence-electron chi connectivity index (χ0n) is 60.4. The van der Waals surface area contributed by atoms with E-state index in [1.165, 1.54) is 85.6 Å². The summed E-state index contributed by atoms with van der Waals surface area (Å²) in [6.45, 7) is 41.1. The van der Waals surface area contributed by atoms with Gasteiger partial charge in [0.25, 0.3) is 0 Å². The average Bonchev–Trinajstić information content (AvgIpc) is 0.911. The van der Waals surface area contributed by atoms with Gasteiger partial charge in [0.1, 0.15) is 39.9 Å². The van der Waals surface area contributed by atoms with Gasteiger partial charge < -0.3 is 47.4 Å². The Balaban J connectivity index is -0.000000177. The van der Waals surface area contributed by atoms with E-state index in [4.69, 9.17) is 47.4 Å². The standard InChI is InChI=1S/C20H32O2.C16H24O3.C15H22O3.C15H22O2.C14H22O2.10CH4/c1-4-16(2)19-10-12-20(13-11-19)22-17(3)21-15-14-18-8-6-5-7-9-18;1-6-12(2)13-7-9-14(10-8-13)18-11-15(17)19-16(3,4)5;1-6-11(2)12-7-9-13(10-8-12)17-14(16)18-15(3,4)5;1-3-12(2)13-7-9-14(10-8-13)17-15-6-4-5-11-16-15;1-5-11(3)13-7-9-14(10-8-13)16-12(4)15-6-2;;;;;;;;;;/h10-13,16-18H,4-9,14-15H2,1-3H3;7-10,12H,6,11H2,1-5H3;7-11H,6H2,1-5H3;7-10,12,15H,3-6,11H2,1-2H3;7-12H,5-6H2,1-4H3;10*1H4. The van der Waals surface area contributed by atoms with Crippen molar-refractivity contribution in [1.29, 1.82) is 0 Å². The summed E-state index contributed by atoms with van der Waals surface area (Å²) in [6, 6.07) is 40.6. The fourth-order valence-electron chi connectivity index (χ4n) is 9.96. The molecule has 5 aromatic carbocycles. The van der Waals surface area contributed by atoms with Crippen LogP contribution in [0, 0.1) is 5.92 Å². The van der Waals surface area contributed by atoms with Crippen LogP contribution in [-0.2, 0) is 28.5 Å². The minimum absolute atomic E-state index is 0. The molecule has 0 spiro atoms. The summed E-state index contributed by atoms with van der Waals surface area (Å²) >= 11 is 0. The number of carbonyl (C=O) groups excluding carboxylic acids is 2. The zero-order valence-corrected chi connectivity index (χ0v) is 60.4. The molecular formula is C90H162O12. The molecule has 1 saturated heterocycles. The van der Waals surface area contributed by atoms with E-state index in [2.05, 4.69) is 130 Å². The molecule has 12 heteroatoms. The molecule has 1 aliphatic heterocycles. The molecule has 2 fully saturated rings. The van der Waals surface area contributed by atoms with Crippen molar-refractivity contribution in [2.24, 2.45) is 5.92 Å². The van der Waals surface area contributed by atoms with Gasteiger partial charge in [0.05, 0.1) is 13.2 Å². The first-order chi connectivity index (χ1) is 43.8. The van der Waals surface area contributed by atoms with E-state index >= 15 is 0 Å². The van der Waals surface area contributed by atoms with Gasteiger partial charge in [-0.2, -0.15) is 0 Å². The quantitative estimate of drug-likeness (QED) is 0.0297. The molecule has 594 valence electrons. The summed E-state index contributed by atoms with van der Waals surface area (Å²) < 4.78 is 54.7. The molecule has 12 nitrogen and oxygen atoms in total. The number of ether oxygens (including phenoxy) is 10. The van der Waals surface area contributed by atoms with Gasteiger partial charge in [0, 0.05) is 13.0 Å². The average molecular weight is 1440 g/mol. The molecule has 8 atom stereocenters. The highest BCUT2D eigenvalue weighted by molar-refractivity contribution is 5.71. The third-order valence-electron chi connectivity index (χ3n) is 16.7. The first-order valence-electron chi connectivity index (χ1n) is 34.9. The lowest BCUT2D eigenvalue weighted by Gasteiger charge is -2.23. The summed E-state index contributed by atoms with van der Waals surface area (Å²) in [7, 11) is 0. The maximum absolute atomic E-state index is 11.5. The third-order valence-corrected chi connectivity index (χ3v) is 16.7. The third kappa shape index (κ3) is 48.0. The SMILES string of the molecule is C.C.C.C.C.C.C.C.C.C.CCC(C)c1ccc(OC(=O)OC(C)(C)C)cc1.CCC(C)c1ccc(OC(C)OCCC2CCCCC2)cc1.CCC(C)c1ccc(OC2CCCCO2)cc1.CCC(C)c1ccc(OCC(=O)OC(C)(C)C)cc1.CCOC(C)Oc1ccc(C(C)CC)cc1. The van der Waals surface area contributed by atoms with E-state index in [1.54, 1.807) is 32.9 Å². The second-order valence-corrected chi connectivity index (χ2v) is 26.7. The lowest BCUT2D eigenvalue weighted by molar-refractivity contribution is -0.157. The van der Waals surface area contributed by atoms with Crippen LogP contribution in [0.1, 0.15) is 353 Å². The maximum Gasteiger partial charge on any atom is 0.514 e. The number of rotatable bonds is 26. The molecule has 1 saturated carbocycles. The van der Waals surface area contributed by atoms with Gasteiger partial charge in [-0.15, -0.1) is 0 Å². The first-order valence-corrected chi connectivity index (χ1v) is 34.9. The number of esters is 1. The molecule has 1 aliphatic carbocycles. The van der Waals surface area contributed by atoms with Crippen LogP contribution in [0.3, 0.4) is 0 Å². The maximum atomic E-state index is 11.5. The van der Waals surface area contributed by atoms with Crippen LogP contribution in [0.25, 0.3) is 0 Å². The smallest absolute Gasteiger partial charge is 0.482 e. The van der Waals surface area contributed by atoms with E-state index in [9.17, 15) is 9.59 Å². The van der Waals surface area contributed by atoms with Crippen LogP contribution in [0.4, 0.5) is 4.79 Å². The largest absolute Gasteiger partial charge is 0.514 e. The second-order valence-electron chi connectivity index (χ2n) is 26.7. The van der Waals surface area contributed by atoms with E-state index in [0.29, 0.717) is 47.7 Å². The fourth-order valence-corrected chi connectivity index (χ4v) is 9.96. The summed E-state index contributed by atoms with van der Waals surface area (Å²) in [4.78, 5) is 23.0. The normalized spacial score (nSPS) is 14.7. The van der Waals surface area contributed by atoms with Crippen molar-refractivity contribution in [1.82, 2.24) is 0 Å². The Morgan fingerprint density at radius 2 is 0.745 bits per heavy atom. The van der Waals surface area contributed by atoms with Gasteiger partial charge in [0.15, 0.2) is 25.5 Å². The molecule has 102 heavy (non-hydrogen) atoms. The summed E-state index contributed by atoms with van der Waals surface area (Å²) in [5.41, 5.74) is 5.64. The fraction of sp³-hybridized carbons (Fsp3) is 0.644. The van der Waals surface area contributed by atoms with Crippen molar-refractivity contribution in [3.8, 4) is 28.7 Å². The number of hydrogen-bond acceptors (Lipinski definition) is 12. The molecule has 8 unspecified atom stereocenters. The van der Waals surface area contributed by atoms with Crippen molar-refractivity contribution < 1.29 is 57.0 Å². The van der Waals surface area contributed by atoms with E-state index in [0.717, 1.165) is 68.5 Å². The van der Waals surface area contributed by atoms with Crippen molar-refractivity contribution in [2.75, 3.05) is 26.4 Å². The lowest BCUT2D eigenvalue weighted by atomic mass is 9.87. The summed E-state index contributed by atoms with van der Waals surface area (Å²) in [5, 5.41) is 0. The van der Waals surface area contributed by atoms with Crippen LogP contribution in [-0.4, -0.2) is 68.6 Å². The van der Waals surface area contributed by atoms with E-state index in [-0.39, 0.29) is 106 Å². The van der Waals surface area contributed by atoms with Gasteiger partial charge in [-0.05, 0) is 238 Å². The van der Waals surface area contributed by atoms with E-state index < -0.39 is 17.4 Å². The molecule has 5 aromatic rings. The summed E-state index contributed by atoms with van der Waals surface area (Å²) in [6.07, 6.45) is 16.2. The Bertz CT molecular complexity index is 2680. The molecule has 0 N–H and O–H groups in total. The van der Waals surface area contributed by atoms with Gasteiger partial charge in [-0.25, -0.2) is 9.59 Å². The zero-order chi connectivity index (χ0) is 68.1. The molecule has 0 radical (unpaired) electrons. The van der Waals surface area contributed by atoms with Crippen molar-refractivity contribution >= 4 is 12.1 Å². The number of carbonyl (C=O) groups is 2. The van der Waals surface area contributed by atoms with Crippen molar-refractivity contribution in [3.63, 3.8) is 0 Å². The molecule has 0 bridgehead atoms. The van der Waals surface area contributed by atoms with Crippen molar-refractivity contribution in [3.05, 3.63) is 149 Å². The van der Waals surface area contributed by atoms with Crippen LogP contribution in [0.15, 0.2) is 121 Å². The predicted molar refractivity (Wildman–Crippen MR) is 444 cm³/mol.